The van der Waals surface area contributed by atoms with E-state index in [4.69, 9.17) is 11.6 Å². The van der Waals surface area contributed by atoms with Crippen LogP contribution in [-0.2, 0) is 23.8 Å². The van der Waals surface area contributed by atoms with Crippen LogP contribution >= 0.6 is 11.6 Å². The molecule has 0 bridgehead atoms. The molecule has 2 aromatic carbocycles. The normalized spacial score (nSPS) is 13.0. The van der Waals surface area contributed by atoms with Crippen LogP contribution in [0.3, 0.4) is 0 Å². The van der Waals surface area contributed by atoms with Crippen molar-refractivity contribution in [1.82, 2.24) is 18.6 Å². The quantitative estimate of drug-likeness (QED) is 0.612. The minimum Gasteiger partial charge on any atom is -0.336 e. The van der Waals surface area contributed by atoms with E-state index in [1.54, 1.807) is 23.9 Å². The molecule has 6 nitrogen and oxygen atoms in total. The molecule has 1 aromatic heterocycles. The number of hydrogen-bond acceptors (Lipinski definition) is 3. The minimum atomic E-state index is -4.16. The number of benzene rings is 2. The summed E-state index contributed by atoms with van der Waals surface area (Å²) in [6.07, 6.45) is 3.11. The van der Waals surface area contributed by atoms with E-state index in [0.717, 1.165) is 4.31 Å². The third-order valence-corrected chi connectivity index (χ3v) is 6.29. The zero-order chi connectivity index (χ0) is 21.2. The molecule has 3 rings (SSSR count). The van der Waals surface area contributed by atoms with Crippen molar-refractivity contribution >= 4 is 21.8 Å². The molecule has 0 unspecified atom stereocenters. The zero-order valence-electron chi connectivity index (χ0n) is 15.7. The van der Waals surface area contributed by atoms with Crippen molar-refractivity contribution in [2.75, 3.05) is 7.05 Å². The highest BCUT2D eigenvalue weighted by Gasteiger charge is 2.29. The Bertz CT molecular complexity index is 1100. The molecule has 0 aliphatic carbocycles. The van der Waals surface area contributed by atoms with Crippen LogP contribution in [0.5, 0.6) is 0 Å². The largest absolute Gasteiger partial charge is 0.336 e. The third kappa shape index (κ3) is 4.64. The summed E-state index contributed by atoms with van der Waals surface area (Å²) in [6.45, 7) is -0.300. The molecular formula is C19H19ClF2N4O2S. The highest BCUT2D eigenvalue weighted by atomic mass is 35.5. The van der Waals surface area contributed by atoms with Crippen molar-refractivity contribution in [3.8, 4) is 0 Å². The lowest BCUT2D eigenvalue weighted by molar-refractivity contribution is 0.437. The molecule has 154 valence electrons. The molecule has 0 saturated heterocycles. The van der Waals surface area contributed by atoms with Gasteiger partial charge >= 0.3 is 0 Å². The second-order valence-corrected chi connectivity index (χ2v) is 8.65. The van der Waals surface area contributed by atoms with Gasteiger partial charge in [0.25, 0.3) is 10.2 Å². The Labute approximate surface area is 172 Å². The Hall–Kier alpha value is -2.33. The molecule has 1 atom stereocenters. The first-order valence-corrected chi connectivity index (χ1v) is 10.4. The van der Waals surface area contributed by atoms with Crippen molar-refractivity contribution in [3.63, 3.8) is 0 Å². The van der Waals surface area contributed by atoms with Gasteiger partial charge in [0.15, 0.2) is 0 Å². The van der Waals surface area contributed by atoms with Crippen LogP contribution < -0.4 is 4.72 Å². The first-order valence-electron chi connectivity index (χ1n) is 8.59. The maximum Gasteiger partial charge on any atom is 0.280 e. The average Bonchev–Trinajstić information content (AvgIpc) is 3.09. The van der Waals surface area contributed by atoms with Crippen molar-refractivity contribution in [1.29, 1.82) is 0 Å². The summed E-state index contributed by atoms with van der Waals surface area (Å²) in [5.74, 6) is -0.895. The van der Waals surface area contributed by atoms with Gasteiger partial charge in [0, 0.05) is 49.2 Å². The van der Waals surface area contributed by atoms with Gasteiger partial charge in [0.1, 0.15) is 23.5 Å². The van der Waals surface area contributed by atoms with Gasteiger partial charge in [-0.25, -0.2) is 13.8 Å². The lowest BCUT2D eigenvalue weighted by Gasteiger charge is -2.24. The summed E-state index contributed by atoms with van der Waals surface area (Å²) in [5.41, 5.74) is 0.157. The number of aryl methyl sites for hydroxylation is 1. The summed E-state index contributed by atoms with van der Waals surface area (Å²) in [6, 6.07) is 8.85. The zero-order valence-corrected chi connectivity index (χ0v) is 17.3. The van der Waals surface area contributed by atoms with E-state index in [-0.39, 0.29) is 22.7 Å². The van der Waals surface area contributed by atoms with Crippen molar-refractivity contribution < 1.29 is 17.2 Å². The number of imidazole rings is 1. The van der Waals surface area contributed by atoms with Crippen LogP contribution in [-0.4, -0.2) is 29.3 Å². The van der Waals surface area contributed by atoms with Gasteiger partial charge in [0.05, 0.1) is 0 Å². The summed E-state index contributed by atoms with van der Waals surface area (Å²) in [7, 11) is -1.21. The van der Waals surface area contributed by atoms with Gasteiger partial charge in [-0.05, 0) is 18.2 Å². The Balaban J connectivity index is 1.94. The minimum absolute atomic E-state index is 0.0430. The van der Waals surface area contributed by atoms with E-state index in [2.05, 4.69) is 9.71 Å². The summed E-state index contributed by atoms with van der Waals surface area (Å²) < 4.78 is 59.4. The van der Waals surface area contributed by atoms with Gasteiger partial charge in [-0.1, -0.05) is 35.9 Å². The molecule has 0 amide bonds. The van der Waals surface area contributed by atoms with Crippen molar-refractivity contribution in [3.05, 3.63) is 88.5 Å². The fraction of sp³-hybridized carbons (Fsp3) is 0.211. The molecule has 10 heteroatoms. The van der Waals surface area contributed by atoms with E-state index >= 15 is 0 Å². The second-order valence-electron chi connectivity index (χ2n) is 6.43. The predicted octanol–water partition coefficient (Wildman–Crippen LogP) is 3.41. The van der Waals surface area contributed by atoms with E-state index in [1.165, 1.54) is 49.6 Å². The summed E-state index contributed by atoms with van der Waals surface area (Å²) >= 11 is 6.00. The van der Waals surface area contributed by atoms with Crippen LogP contribution in [0.2, 0.25) is 5.02 Å². The number of hydrogen-bond donors (Lipinski definition) is 1. The van der Waals surface area contributed by atoms with Crippen molar-refractivity contribution in [2.24, 2.45) is 7.05 Å². The molecular weight excluding hydrogens is 422 g/mol. The van der Waals surface area contributed by atoms with Gasteiger partial charge < -0.3 is 4.57 Å². The molecule has 0 fully saturated rings. The molecule has 29 heavy (non-hydrogen) atoms. The van der Waals surface area contributed by atoms with Gasteiger partial charge in [-0.15, -0.1) is 0 Å². The van der Waals surface area contributed by atoms with Gasteiger partial charge in [-0.2, -0.15) is 17.4 Å². The fourth-order valence-corrected chi connectivity index (χ4v) is 4.08. The Morgan fingerprint density at radius 3 is 2.48 bits per heavy atom. The SMILES string of the molecule is CN(Cc1c(F)cccc1Cl)S(=O)(=O)N[C@@H](c1ccccc1F)c1nccn1C. The van der Waals surface area contributed by atoms with E-state index in [0.29, 0.717) is 5.82 Å². The van der Waals surface area contributed by atoms with E-state index in [1.807, 2.05) is 0 Å². The maximum atomic E-state index is 14.4. The molecule has 0 aliphatic rings. The molecule has 1 N–H and O–H groups in total. The van der Waals surface area contributed by atoms with Crippen LogP contribution in [0.4, 0.5) is 8.78 Å². The number of nitrogens with zero attached hydrogens (tertiary/aromatic N) is 3. The second kappa shape index (κ2) is 8.58. The molecule has 0 aliphatic heterocycles. The first-order chi connectivity index (χ1) is 13.7. The van der Waals surface area contributed by atoms with Gasteiger partial charge in [-0.3, -0.25) is 0 Å². The number of nitrogens with one attached hydrogen (secondary N) is 1. The standard InChI is InChI=1S/C19H19ClF2N4O2S/c1-25-11-10-23-19(25)18(13-6-3-4-8-16(13)21)24-29(27,28)26(2)12-14-15(20)7-5-9-17(14)22/h3-11,18,24H,12H2,1-2H3/t18-/m0/s1. The molecule has 1 heterocycles. The van der Waals surface area contributed by atoms with Crippen LogP contribution in [0, 0.1) is 11.6 Å². The average molecular weight is 441 g/mol. The van der Waals surface area contributed by atoms with E-state index in [9.17, 15) is 17.2 Å². The van der Waals surface area contributed by atoms with Crippen LogP contribution in [0.15, 0.2) is 54.9 Å². The van der Waals surface area contributed by atoms with Crippen molar-refractivity contribution in [2.45, 2.75) is 12.6 Å². The Morgan fingerprint density at radius 1 is 1.17 bits per heavy atom. The lowest BCUT2D eigenvalue weighted by Crippen LogP contribution is -2.41. The Morgan fingerprint density at radius 2 is 1.86 bits per heavy atom. The van der Waals surface area contributed by atoms with Gasteiger partial charge in [0.2, 0.25) is 0 Å². The highest BCUT2D eigenvalue weighted by Crippen LogP contribution is 2.26. The van der Waals surface area contributed by atoms with Crippen LogP contribution in [0.25, 0.3) is 0 Å². The Kier molecular flexibility index (Phi) is 6.33. The molecule has 0 spiro atoms. The molecule has 0 saturated carbocycles. The predicted molar refractivity (Wildman–Crippen MR) is 106 cm³/mol. The highest BCUT2D eigenvalue weighted by molar-refractivity contribution is 7.87. The summed E-state index contributed by atoms with van der Waals surface area (Å²) in [5, 5.41) is 0.113. The molecule has 3 aromatic rings. The first kappa shape index (κ1) is 21.4. The number of aromatic nitrogens is 2. The van der Waals surface area contributed by atoms with Crippen LogP contribution in [0.1, 0.15) is 23.0 Å². The summed E-state index contributed by atoms with van der Waals surface area (Å²) in [4.78, 5) is 4.16. The van der Waals surface area contributed by atoms with E-state index < -0.39 is 27.9 Å². The number of halogens is 3. The number of rotatable bonds is 7. The fourth-order valence-electron chi connectivity index (χ4n) is 2.85. The monoisotopic (exact) mass is 440 g/mol. The smallest absolute Gasteiger partial charge is 0.280 e. The maximum absolute atomic E-state index is 14.4. The topological polar surface area (TPSA) is 67.2 Å². The third-order valence-electron chi connectivity index (χ3n) is 4.45. The lowest BCUT2D eigenvalue weighted by atomic mass is 10.1. The molecule has 0 radical (unpaired) electrons.